The van der Waals surface area contributed by atoms with Crippen LogP contribution in [0.5, 0.6) is 0 Å². The van der Waals surface area contributed by atoms with Gasteiger partial charge in [-0.3, -0.25) is 4.21 Å². The molecule has 0 aliphatic carbocycles. The number of likely N-dealkylation sites (tertiary alicyclic amines) is 1. The topological polar surface area (TPSA) is 57.7 Å². The zero-order valence-corrected chi connectivity index (χ0v) is 24.1. The summed E-state index contributed by atoms with van der Waals surface area (Å²) in [6, 6.07) is 24.6. The first-order valence-electron chi connectivity index (χ1n) is 13.3. The van der Waals surface area contributed by atoms with Gasteiger partial charge in [0.2, 0.25) is 10.0 Å². The van der Waals surface area contributed by atoms with Gasteiger partial charge in [-0.05, 0) is 92.7 Å². The van der Waals surface area contributed by atoms with Crippen molar-refractivity contribution in [2.24, 2.45) is 0 Å². The Bertz CT molecular complexity index is 1390. The first kappa shape index (κ1) is 27.5. The van der Waals surface area contributed by atoms with Crippen molar-refractivity contribution in [3.8, 4) is 0 Å². The molecule has 5 rings (SSSR count). The Balaban J connectivity index is 1.22. The van der Waals surface area contributed by atoms with Gasteiger partial charge in [0.15, 0.2) is 0 Å². The molecule has 2 aliphatic rings. The van der Waals surface area contributed by atoms with Gasteiger partial charge in [-0.2, -0.15) is 0 Å². The van der Waals surface area contributed by atoms with E-state index in [2.05, 4.69) is 17.0 Å². The predicted octanol–water partition coefficient (Wildman–Crippen LogP) is 5.68. The quantitative estimate of drug-likeness (QED) is 0.332. The average molecular weight is 571 g/mol. The number of likely N-dealkylation sites (N-methyl/N-ethyl adjacent to an activating group) is 1. The molecule has 8 heteroatoms. The summed E-state index contributed by atoms with van der Waals surface area (Å²) in [4.78, 5) is 3.85. The molecule has 1 spiro atoms. The third kappa shape index (κ3) is 5.77. The molecule has 0 amide bonds. The summed E-state index contributed by atoms with van der Waals surface area (Å²) >= 11 is 6.31. The van der Waals surface area contributed by atoms with Crippen LogP contribution in [0.15, 0.2) is 88.7 Å². The van der Waals surface area contributed by atoms with Gasteiger partial charge in [0.25, 0.3) is 0 Å². The highest BCUT2D eigenvalue weighted by molar-refractivity contribution is 7.89. The summed E-state index contributed by atoms with van der Waals surface area (Å²) in [6.07, 6.45) is 3.90. The number of hydrogen-bond acceptors (Lipinski definition) is 4. The molecule has 1 fully saturated rings. The van der Waals surface area contributed by atoms with E-state index in [9.17, 15) is 12.6 Å². The lowest BCUT2D eigenvalue weighted by atomic mass is 9.74. The molecule has 202 valence electrons. The number of nitrogens with zero attached hydrogens (tertiary/aromatic N) is 2. The minimum atomic E-state index is -3.57. The summed E-state index contributed by atoms with van der Waals surface area (Å²) in [5.41, 5.74) is 2.41. The van der Waals surface area contributed by atoms with Crippen LogP contribution >= 0.6 is 11.6 Å². The van der Waals surface area contributed by atoms with Crippen molar-refractivity contribution in [1.29, 1.82) is 0 Å². The number of fused-ring (bicyclic) bond motifs is 2. The maximum absolute atomic E-state index is 13.2. The standard InChI is InChI=1S/C30H35ClN2O3S2/c1-32(38(35,36)27-12-3-2-4-13-27)22-25(24-9-7-11-26(31)21-24)10-8-18-33-19-16-30(17-20-33)23-37(34)29-15-6-5-14-28(29)30/h2-7,9,11-15,21,25H,8,10,16-20,22-23H2,1H3. The second kappa shape index (κ2) is 11.6. The molecule has 1 saturated heterocycles. The van der Waals surface area contributed by atoms with Crippen molar-refractivity contribution in [3.05, 3.63) is 95.0 Å². The summed E-state index contributed by atoms with van der Waals surface area (Å²) in [5.74, 6) is 0.789. The summed E-state index contributed by atoms with van der Waals surface area (Å²) in [7, 11) is -2.81. The lowest BCUT2D eigenvalue weighted by molar-refractivity contribution is 0.167. The normalized spacial score (nSPS) is 20.0. The van der Waals surface area contributed by atoms with Crippen molar-refractivity contribution >= 4 is 32.4 Å². The number of rotatable bonds is 9. The van der Waals surface area contributed by atoms with Crippen LogP contribution in [0, 0.1) is 0 Å². The summed E-state index contributed by atoms with van der Waals surface area (Å²) < 4.78 is 40.6. The molecular formula is C30H35ClN2O3S2. The van der Waals surface area contributed by atoms with Crippen molar-refractivity contribution < 1.29 is 12.6 Å². The molecule has 2 aliphatic heterocycles. The van der Waals surface area contributed by atoms with Gasteiger partial charge in [-0.25, -0.2) is 12.7 Å². The maximum Gasteiger partial charge on any atom is 0.242 e. The molecule has 2 heterocycles. The summed E-state index contributed by atoms with van der Waals surface area (Å²) in [5, 5.41) is 0.664. The molecule has 3 aromatic rings. The third-order valence-electron chi connectivity index (χ3n) is 8.20. The fourth-order valence-corrected chi connectivity index (χ4v) is 9.29. The molecule has 0 bridgehead atoms. The van der Waals surface area contributed by atoms with E-state index in [1.165, 1.54) is 9.87 Å². The van der Waals surface area contributed by atoms with E-state index < -0.39 is 20.8 Å². The highest BCUT2D eigenvalue weighted by Crippen LogP contribution is 2.44. The molecule has 0 saturated carbocycles. The van der Waals surface area contributed by atoms with Crippen LogP contribution in [-0.4, -0.2) is 60.8 Å². The highest BCUT2D eigenvalue weighted by atomic mass is 35.5. The smallest absolute Gasteiger partial charge is 0.242 e. The minimum Gasteiger partial charge on any atom is -0.303 e. The number of halogens is 1. The first-order chi connectivity index (χ1) is 18.3. The van der Waals surface area contributed by atoms with E-state index in [0.29, 0.717) is 16.5 Å². The molecule has 0 N–H and O–H groups in total. The van der Waals surface area contributed by atoms with E-state index >= 15 is 0 Å². The fourth-order valence-electron chi connectivity index (χ4n) is 5.99. The Kier molecular flexibility index (Phi) is 8.41. The van der Waals surface area contributed by atoms with E-state index in [1.807, 2.05) is 42.5 Å². The zero-order chi connectivity index (χ0) is 26.8. The van der Waals surface area contributed by atoms with Gasteiger partial charge in [0.05, 0.1) is 15.7 Å². The minimum absolute atomic E-state index is 0.0393. The van der Waals surface area contributed by atoms with E-state index in [1.54, 1.807) is 31.3 Å². The average Bonchev–Trinajstić information content (AvgIpc) is 3.20. The maximum atomic E-state index is 13.2. The zero-order valence-electron chi connectivity index (χ0n) is 21.8. The van der Waals surface area contributed by atoms with E-state index in [0.717, 1.165) is 61.5 Å². The Morgan fingerprint density at radius 2 is 1.71 bits per heavy atom. The molecule has 0 radical (unpaired) electrons. The Morgan fingerprint density at radius 3 is 2.45 bits per heavy atom. The fraction of sp³-hybridized carbons (Fsp3) is 0.400. The van der Waals surface area contributed by atoms with Crippen molar-refractivity contribution in [2.45, 2.75) is 46.8 Å². The van der Waals surface area contributed by atoms with Crippen molar-refractivity contribution in [2.75, 3.05) is 39.0 Å². The molecule has 3 aromatic carbocycles. The molecule has 5 nitrogen and oxygen atoms in total. The van der Waals surface area contributed by atoms with E-state index in [-0.39, 0.29) is 11.3 Å². The van der Waals surface area contributed by atoms with Crippen LogP contribution in [-0.2, 0) is 26.2 Å². The van der Waals surface area contributed by atoms with Crippen LogP contribution in [0.4, 0.5) is 0 Å². The number of hydrogen-bond donors (Lipinski definition) is 0. The van der Waals surface area contributed by atoms with Crippen LogP contribution in [0.1, 0.15) is 42.7 Å². The SMILES string of the molecule is CN(CC(CCCN1CCC2(CC1)CS(=O)c1ccccc12)c1cccc(Cl)c1)S(=O)(=O)c1ccccc1. The second-order valence-corrected chi connectivity index (χ2v) is 14.5. The van der Waals surface area contributed by atoms with Gasteiger partial charge in [-0.15, -0.1) is 0 Å². The molecule has 2 unspecified atom stereocenters. The van der Waals surface area contributed by atoms with Crippen LogP contribution in [0.3, 0.4) is 0 Å². The van der Waals surface area contributed by atoms with Crippen molar-refractivity contribution in [3.63, 3.8) is 0 Å². The van der Waals surface area contributed by atoms with Crippen LogP contribution in [0.25, 0.3) is 0 Å². The van der Waals surface area contributed by atoms with Gasteiger partial charge < -0.3 is 4.90 Å². The Hall–Kier alpha value is -2.03. The van der Waals surface area contributed by atoms with Gasteiger partial charge in [-0.1, -0.05) is 60.1 Å². The van der Waals surface area contributed by atoms with Crippen molar-refractivity contribution in [1.82, 2.24) is 9.21 Å². The monoisotopic (exact) mass is 570 g/mol. The Morgan fingerprint density at radius 1 is 1.00 bits per heavy atom. The van der Waals surface area contributed by atoms with E-state index in [4.69, 9.17) is 11.6 Å². The number of sulfonamides is 1. The van der Waals surface area contributed by atoms with Crippen LogP contribution < -0.4 is 0 Å². The van der Waals surface area contributed by atoms with Gasteiger partial charge >= 0.3 is 0 Å². The lowest BCUT2D eigenvalue weighted by Crippen LogP contribution is -2.43. The second-order valence-electron chi connectivity index (χ2n) is 10.6. The highest BCUT2D eigenvalue weighted by Gasteiger charge is 2.44. The predicted molar refractivity (Wildman–Crippen MR) is 155 cm³/mol. The molecule has 0 aromatic heterocycles. The number of benzene rings is 3. The van der Waals surface area contributed by atoms with Crippen LogP contribution in [0.2, 0.25) is 5.02 Å². The Labute approximate surface area is 234 Å². The number of piperidine rings is 1. The molecule has 38 heavy (non-hydrogen) atoms. The third-order valence-corrected chi connectivity index (χ3v) is 11.9. The summed E-state index contributed by atoms with van der Waals surface area (Å²) in [6.45, 7) is 3.35. The lowest BCUT2D eigenvalue weighted by Gasteiger charge is -2.39. The molecule has 2 atom stereocenters. The van der Waals surface area contributed by atoms with Gasteiger partial charge in [0.1, 0.15) is 0 Å². The molecular weight excluding hydrogens is 536 g/mol. The largest absolute Gasteiger partial charge is 0.303 e. The van der Waals surface area contributed by atoms with Gasteiger partial charge in [0, 0.05) is 34.7 Å². The first-order valence-corrected chi connectivity index (χ1v) is 16.4.